The van der Waals surface area contributed by atoms with E-state index in [1.165, 1.54) is 12.8 Å². The highest BCUT2D eigenvalue weighted by Gasteiger charge is 2.25. The van der Waals surface area contributed by atoms with Gasteiger partial charge in [0, 0.05) is 45.8 Å². The molecule has 2 heterocycles. The summed E-state index contributed by atoms with van der Waals surface area (Å²) in [6.07, 6.45) is 2.62. The molecule has 0 saturated carbocycles. The van der Waals surface area contributed by atoms with E-state index in [2.05, 4.69) is 40.9 Å². The van der Waals surface area contributed by atoms with E-state index < -0.39 is 0 Å². The Morgan fingerprint density at radius 3 is 2.59 bits per heavy atom. The number of likely N-dealkylation sites (tertiary alicyclic amines) is 1. The average molecular weight is 310 g/mol. The third kappa shape index (κ3) is 4.85. The van der Waals surface area contributed by atoms with Gasteiger partial charge in [-0.25, -0.2) is 0 Å². The van der Waals surface area contributed by atoms with Crippen molar-refractivity contribution in [2.24, 2.45) is 16.8 Å². The second kappa shape index (κ2) is 8.73. The summed E-state index contributed by atoms with van der Waals surface area (Å²) in [6.45, 7) is 14.0. The Morgan fingerprint density at radius 2 is 2.00 bits per heavy atom. The fraction of sp³-hybridized carbons (Fsp3) is 0.941. The number of piperidine rings is 1. The Balaban J connectivity index is 1.89. The number of hydrogen-bond donors (Lipinski definition) is 1. The summed E-state index contributed by atoms with van der Waals surface area (Å²) < 4.78 is 5.49. The van der Waals surface area contributed by atoms with E-state index in [-0.39, 0.29) is 0 Å². The Kier molecular flexibility index (Phi) is 6.96. The molecule has 2 unspecified atom stereocenters. The van der Waals surface area contributed by atoms with Crippen LogP contribution in [0.15, 0.2) is 4.99 Å². The van der Waals surface area contributed by atoms with Crippen LogP contribution in [-0.2, 0) is 4.74 Å². The summed E-state index contributed by atoms with van der Waals surface area (Å²) in [7, 11) is 1.90. The highest BCUT2D eigenvalue weighted by Crippen LogP contribution is 2.16. The number of nitrogens with zero attached hydrogens (tertiary/aromatic N) is 3. The zero-order valence-corrected chi connectivity index (χ0v) is 14.8. The van der Waals surface area contributed by atoms with Gasteiger partial charge in [-0.3, -0.25) is 9.89 Å². The summed E-state index contributed by atoms with van der Waals surface area (Å²) in [6, 6.07) is 0.544. The van der Waals surface area contributed by atoms with Gasteiger partial charge in [0.2, 0.25) is 0 Å². The fourth-order valence-corrected chi connectivity index (χ4v) is 3.61. The van der Waals surface area contributed by atoms with Crippen LogP contribution in [0, 0.1) is 11.8 Å². The smallest absolute Gasteiger partial charge is 0.193 e. The molecule has 5 nitrogen and oxygen atoms in total. The van der Waals surface area contributed by atoms with E-state index in [0.717, 1.165) is 57.8 Å². The summed E-state index contributed by atoms with van der Waals surface area (Å²) in [5.74, 6) is 2.47. The molecule has 0 aliphatic carbocycles. The van der Waals surface area contributed by atoms with Gasteiger partial charge in [-0.05, 0) is 24.7 Å². The number of guanidine groups is 1. The third-order valence-electron chi connectivity index (χ3n) is 4.92. The molecule has 0 spiro atoms. The van der Waals surface area contributed by atoms with Crippen molar-refractivity contribution >= 4 is 5.96 Å². The molecule has 0 amide bonds. The predicted molar refractivity (Wildman–Crippen MR) is 92.4 cm³/mol. The molecule has 22 heavy (non-hydrogen) atoms. The predicted octanol–water partition coefficient (Wildman–Crippen LogP) is 1.65. The second-order valence-electron chi connectivity index (χ2n) is 7.08. The topological polar surface area (TPSA) is 40.1 Å². The number of hydrogen-bond acceptors (Lipinski definition) is 3. The molecule has 5 heteroatoms. The van der Waals surface area contributed by atoms with Gasteiger partial charge in [-0.1, -0.05) is 20.8 Å². The molecule has 2 aliphatic rings. The van der Waals surface area contributed by atoms with Crippen LogP contribution < -0.4 is 5.32 Å². The zero-order valence-electron chi connectivity index (χ0n) is 14.8. The van der Waals surface area contributed by atoms with Crippen LogP contribution in [0.1, 0.15) is 33.6 Å². The van der Waals surface area contributed by atoms with Gasteiger partial charge in [0.25, 0.3) is 0 Å². The molecule has 0 aromatic rings. The lowest BCUT2D eigenvalue weighted by Gasteiger charge is -2.39. The van der Waals surface area contributed by atoms with Crippen molar-refractivity contribution in [2.45, 2.75) is 39.7 Å². The molecule has 0 aromatic carbocycles. The number of ether oxygens (including phenoxy) is 1. The normalized spacial score (nSPS) is 26.3. The molecule has 0 aromatic heterocycles. The zero-order chi connectivity index (χ0) is 15.9. The van der Waals surface area contributed by atoms with Gasteiger partial charge < -0.3 is 15.0 Å². The number of morpholine rings is 1. The minimum Gasteiger partial charge on any atom is -0.379 e. The molecule has 1 N–H and O–H groups in total. The van der Waals surface area contributed by atoms with E-state index >= 15 is 0 Å². The Morgan fingerprint density at radius 1 is 1.27 bits per heavy atom. The maximum atomic E-state index is 5.49. The molecule has 2 saturated heterocycles. The molecular formula is C17H34N4O. The van der Waals surface area contributed by atoms with Gasteiger partial charge >= 0.3 is 0 Å². The first-order valence-electron chi connectivity index (χ1n) is 8.89. The van der Waals surface area contributed by atoms with Crippen LogP contribution in [-0.4, -0.2) is 74.8 Å². The monoisotopic (exact) mass is 310 g/mol. The van der Waals surface area contributed by atoms with E-state index in [4.69, 9.17) is 4.74 Å². The quantitative estimate of drug-likeness (QED) is 0.633. The van der Waals surface area contributed by atoms with Crippen LogP contribution in [0.5, 0.6) is 0 Å². The van der Waals surface area contributed by atoms with Gasteiger partial charge in [-0.2, -0.15) is 0 Å². The van der Waals surface area contributed by atoms with Gasteiger partial charge in [-0.15, -0.1) is 0 Å². The van der Waals surface area contributed by atoms with Crippen molar-refractivity contribution < 1.29 is 4.74 Å². The van der Waals surface area contributed by atoms with Crippen molar-refractivity contribution in [2.75, 3.05) is 53.0 Å². The number of rotatable bonds is 4. The van der Waals surface area contributed by atoms with Crippen molar-refractivity contribution in [1.29, 1.82) is 0 Å². The highest BCUT2D eigenvalue weighted by atomic mass is 16.5. The van der Waals surface area contributed by atoms with E-state index in [1.54, 1.807) is 0 Å². The van der Waals surface area contributed by atoms with Crippen molar-refractivity contribution in [3.63, 3.8) is 0 Å². The lowest BCUT2D eigenvalue weighted by Crippen LogP contribution is -2.54. The minimum atomic E-state index is 0.544. The molecule has 2 aliphatic heterocycles. The molecule has 0 bridgehead atoms. The standard InChI is InChI=1S/C17H34N4O/c1-14(2)16(20-8-10-22-11-9-20)12-19-17(18-4)21-7-5-6-15(3)13-21/h14-16H,5-13H2,1-4H3,(H,18,19). The Bertz CT molecular complexity index is 353. The Hall–Kier alpha value is -0.810. The van der Waals surface area contributed by atoms with E-state index in [1.807, 2.05) is 7.05 Å². The summed E-state index contributed by atoms with van der Waals surface area (Å²) in [4.78, 5) is 9.50. The summed E-state index contributed by atoms with van der Waals surface area (Å²) in [5, 5.41) is 3.63. The molecule has 2 fully saturated rings. The van der Waals surface area contributed by atoms with Crippen LogP contribution in [0.25, 0.3) is 0 Å². The first-order chi connectivity index (χ1) is 10.6. The highest BCUT2D eigenvalue weighted by molar-refractivity contribution is 5.80. The molecular weight excluding hydrogens is 276 g/mol. The van der Waals surface area contributed by atoms with E-state index in [0.29, 0.717) is 12.0 Å². The van der Waals surface area contributed by atoms with Gasteiger partial charge in [0.05, 0.1) is 13.2 Å². The first-order valence-corrected chi connectivity index (χ1v) is 8.89. The SMILES string of the molecule is CN=C(NCC(C(C)C)N1CCOCC1)N1CCCC(C)C1. The van der Waals surface area contributed by atoms with Crippen LogP contribution in [0.2, 0.25) is 0 Å². The second-order valence-corrected chi connectivity index (χ2v) is 7.08. The van der Waals surface area contributed by atoms with Crippen molar-refractivity contribution in [3.8, 4) is 0 Å². The Labute approximate surface area is 136 Å². The minimum absolute atomic E-state index is 0.544. The molecule has 0 radical (unpaired) electrons. The van der Waals surface area contributed by atoms with Gasteiger partial charge in [0.1, 0.15) is 0 Å². The maximum absolute atomic E-state index is 5.49. The maximum Gasteiger partial charge on any atom is 0.193 e. The lowest BCUT2D eigenvalue weighted by atomic mass is 10.0. The fourth-order valence-electron chi connectivity index (χ4n) is 3.61. The van der Waals surface area contributed by atoms with Gasteiger partial charge in [0.15, 0.2) is 5.96 Å². The largest absolute Gasteiger partial charge is 0.379 e. The molecule has 128 valence electrons. The number of aliphatic imine (C=N–C) groups is 1. The molecule has 2 atom stereocenters. The third-order valence-corrected chi connectivity index (χ3v) is 4.92. The van der Waals surface area contributed by atoms with Crippen molar-refractivity contribution in [1.82, 2.24) is 15.1 Å². The van der Waals surface area contributed by atoms with Crippen LogP contribution in [0.3, 0.4) is 0 Å². The number of nitrogens with one attached hydrogen (secondary N) is 1. The van der Waals surface area contributed by atoms with Crippen LogP contribution >= 0.6 is 0 Å². The first kappa shape index (κ1) is 17.5. The summed E-state index contributed by atoms with van der Waals surface area (Å²) >= 11 is 0. The van der Waals surface area contributed by atoms with Crippen LogP contribution in [0.4, 0.5) is 0 Å². The van der Waals surface area contributed by atoms with Crippen molar-refractivity contribution in [3.05, 3.63) is 0 Å². The average Bonchev–Trinajstić information content (AvgIpc) is 2.52. The van der Waals surface area contributed by atoms with E-state index in [9.17, 15) is 0 Å². The summed E-state index contributed by atoms with van der Waals surface area (Å²) in [5.41, 5.74) is 0. The lowest BCUT2D eigenvalue weighted by molar-refractivity contribution is 0.00736. The molecule has 2 rings (SSSR count).